The normalized spacial score (nSPS) is 15.7. The Balaban J connectivity index is 2.63. The third-order valence-electron chi connectivity index (χ3n) is 2.87. The van der Waals surface area contributed by atoms with Gasteiger partial charge in [-0.2, -0.15) is 0 Å². The van der Waals surface area contributed by atoms with Gasteiger partial charge in [-0.25, -0.2) is 13.1 Å². The zero-order chi connectivity index (χ0) is 14.6. The molecule has 6 heteroatoms. The summed E-state index contributed by atoms with van der Waals surface area (Å²) in [5.41, 5.74) is 0. The number of nitrogens with one attached hydrogen (secondary N) is 2. The van der Waals surface area contributed by atoms with Gasteiger partial charge in [-0.15, -0.1) is 11.3 Å². The minimum absolute atomic E-state index is 0.176. The Kier molecular flexibility index (Phi) is 5.98. The van der Waals surface area contributed by atoms with Crippen molar-refractivity contribution < 1.29 is 8.42 Å². The SMILES string of the molecule is Cc1ccc(C(C)NS(=O)(=O)C(C)CNC(C)C)s1. The summed E-state index contributed by atoms with van der Waals surface area (Å²) in [6, 6.07) is 4.10. The van der Waals surface area contributed by atoms with Crippen LogP contribution in [-0.2, 0) is 10.0 Å². The van der Waals surface area contributed by atoms with Gasteiger partial charge in [-0.1, -0.05) is 13.8 Å². The molecule has 0 bridgehead atoms. The largest absolute Gasteiger partial charge is 0.313 e. The van der Waals surface area contributed by atoms with E-state index in [1.807, 2.05) is 39.8 Å². The summed E-state index contributed by atoms with van der Waals surface area (Å²) >= 11 is 1.62. The van der Waals surface area contributed by atoms with Crippen LogP contribution in [0.25, 0.3) is 0 Å². The highest BCUT2D eigenvalue weighted by Crippen LogP contribution is 2.23. The Labute approximate surface area is 120 Å². The summed E-state index contributed by atoms with van der Waals surface area (Å²) in [4.78, 5) is 2.24. The first-order valence-corrected chi connectivity index (χ1v) is 8.89. The molecule has 0 fully saturated rings. The average molecular weight is 304 g/mol. The van der Waals surface area contributed by atoms with Gasteiger partial charge in [0, 0.05) is 22.3 Å². The van der Waals surface area contributed by atoms with E-state index in [1.54, 1.807) is 18.3 Å². The van der Waals surface area contributed by atoms with Crippen molar-refractivity contribution in [3.05, 3.63) is 21.9 Å². The Morgan fingerprint density at radius 2 is 1.84 bits per heavy atom. The summed E-state index contributed by atoms with van der Waals surface area (Å²) in [5.74, 6) is 0. The molecule has 1 heterocycles. The van der Waals surface area contributed by atoms with Crippen LogP contribution < -0.4 is 10.0 Å². The molecule has 0 aliphatic heterocycles. The van der Waals surface area contributed by atoms with Crippen LogP contribution in [0.5, 0.6) is 0 Å². The van der Waals surface area contributed by atoms with E-state index in [9.17, 15) is 8.42 Å². The molecule has 0 saturated heterocycles. The average Bonchev–Trinajstić information content (AvgIpc) is 2.72. The molecule has 0 radical (unpaired) electrons. The topological polar surface area (TPSA) is 58.2 Å². The summed E-state index contributed by atoms with van der Waals surface area (Å²) < 4.78 is 27.1. The molecule has 2 N–H and O–H groups in total. The van der Waals surface area contributed by atoms with Crippen molar-refractivity contribution in [3.8, 4) is 0 Å². The summed E-state index contributed by atoms with van der Waals surface area (Å²) in [6.45, 7) is 10.1. The van der Waals surface area contributed by atoms with Crippen molar-refractivity contribution in [2.75, 3.05) is 6.54 Å². The fourth-order valence-electron chi connectivity index (χ4n) is 1.62. The zero-order valence-corrected chi connectivity index (χ0v) is 13.9. The minimum Gasteiger partial charge on any atom is -0.313 e. The van der Waals surface area contributed by atoms with Gasteiger partial charge in [0.1, 0.15) is 0 Å². The maximum absolute atomic E-state index is 12.2. The molecule has 0 spiro atoms. The standard InChI is InChI=1S/C13H24N2O2S2/c1-9(2)14-8-11(4)19(16,17)15-12(5)13-7-6-10(3)18-13/h6-7,9,11-12,14-15H,8H2,1-5H3. The molecular formula is C13H24N2O2S2. The second-order valence-electron chi connectivity index (χ2n) is 5.21. The second-order valence-corrected chi connectivity index (χ2v) is 8.66. The summed E-state index contributed by atoms with van der Waals surface area (Å²) in [7, 11) is -3.30. The lowest BCUT2D eigenvalue weighted by Crippen LogP contribution is -2.41. The van der Waals surface area contributed by atoms with Gasteiger partial charge in [0.25, 0.3) is 0 Å². The first-order valence-electron chi connectivity index (χ1n) is 6.53. The van der Waals surface area contributed by atoms with E-state index in [0.29, 0.717) is 6.54 Å². The fourth-order valence-corrected chi connectivity index (χ4v) is 3.74. The molecule has 110 valence electrons. The maximum atomic E-state index is 12.2. The van der Waals surface area contributed by atoms with E-state index < -0.39 is 15.3 Å². The second kappa shape index (κ2) is 6.83. The van der Waals surface area contributed by atoms with Crippen LogP contribution in [0.15, 0.2) is 12.1 Å². The third kappa shape index (κ3) is 5.22. The monoisotopic (exact) mass is 304 g/mol. The Morgan fingerprint density at radius 1 is 1.21 bits per heavy atom. The van der Waals surface area contributed by atoms with Crippen LogP contribution in [0.4, 0.5) is 0 Å². The van der Waals surface area contributed by atoms with Gasteiger partial charge < -0.3 is 5.32 Å². The molecule has 2 atom stereocenters. The molecule has 1 aromatic rings. The molecule has 0 aliphatic rings. The van der Waals surface area contributed by atoms with E-state index in [1.165, 1.54) is 4.88 Å². The number of hydrogen-bond donors (Lipinski definition) is 2. The zero-order valence-electron chi connectivity index (χ0n) is 12.2. The highest BCUT2D eigenvalue weighted by Gasteiger charge is 2.23. The van der Waals surface area contributed by atoms with Crippen molar-refractivity contribution in [1.29, 1.82) is 0 Å². The Bertz CT molecular complexity index is 494. The third-order valence-corrected chi connectivity index (χ3v) is 5.96. The molecule has 2 unspecified atom stereocenters. The molecule has 19 heavy (non-hydrogen) atoms. The molecule has 1 aromatic heterocycles. The van der Waals surface area contributed by atoms with Crippen LogP contribution in [-0.4, -0.2) is 26.3 Å². The molecule has 4 nitrogen and oxygen atoms in total. The number of sulfonamides is 1. The molecule has 0 aromatic carbocycles. The van der Waals surface area contributed by atoms with Crippen molar-refractivity contribution in [2.45, 2.75) is 52.0 Å². The number of aryl methyl sites for hydroxylation is 1. The maximum Gasteiger partial charge on any atom is 0.216 e. The van der Waals surface area contributed by atoms with Gasteiger partial charge in [0.05, 0.1) is 11.3 Å². The number of hydrogen-bond acceptors (Lipinski definition) is 4. The molecule has 0 saturated carbocycles. The van der Waals surface area contributed by atoms with Crippen LogP contribution in [0.3, 0.4) is 0 Å². The van der Waals surface area contributed by atoms with Gasteiger partial charge in [-0.3, -0.25) is 0 Å². The Morgan fingerprint density at radius 3 is 2.32 bits per heavy atom. The van der Waals surface area contributed by atoms with Crippen molar-refractivity contribution >= 4 is 21.4 Å². The quantitative estimate of drug-likeness (QED) is 0.813. The lowest BCUT2D eigenvalue weighted by Gasteiger charge is -2.19. The van der Waals surface area contributed by atoms with E-state index in [-0.39, 0.29) is 12.1 Å². The Hall–Kier alpha value is -0.430. The minimum atomic E-state index is -3.30. The lowest BCUT2D eigenvalue weighted by atomic mass is 10.3. The highest BCUT2D eigenvalue weighted by atomic mass is 32.2. The molecule has 0 amide bonds. The number of thiophene rings is 1. The van der Waals surface area contributed by atoms with E-state index in [0.717, 1.165) is 4.88 Å². The highest BCUT2D eigenvalue weighted by molar-refractivity contribution is 7.90. The molecule has 0 aliphatic carbocycles. The van der Waals surface area contributed by atoms with Crippen LogP contribution in [0.1, 0.15) is 43.5 Å². The molecule has 1 rings (SSSR count). The lowest BCUT2D eigenvalue weighted by molar-refractivity contribution is 0.532. The fraction of sp³-hybridized carbons (Fsp3) is 0.692. The van der Waals surface area contributed by atoms with Crippen LogP contribution >= 0.6 is 11.3 Å². The van der Waals surface area contributed by atoms with Crippen LogP contribution in [0, 0.1) is 6.92 Å². The smallest absolute Gasteiger partial charge is 0.216 e. The van der Waals surface area contributed by atoms with E-state index in [2.05, 4.69) is 10.0 Å². The summed E-state index contributed by atoms with van der Waals surface area (Å²) in [6.07, 6.45) is 0. The van der Waals surface area contributed by atoms with Crippen LogP contribution in [0.2, 0.25) is 0 Å². The summed E-state index contributed by atoms with van der Waals surface area (Å²) in [5, 5.41) is 2.71. The predicted octanol–water partition coefficient (Wildman–Crippen LogP) is 2.42. The van der Waals surface area contributed by atoms with E-state index in [4.69, 9.17) is 0 Å². The van der Waals surface area contributed by atoms with Gasteiger partial charge >= 0.3 is 0 Å². The van der Waals surface area contributed by atoms with Gasteiger partial charge in [-0.05, 0) is 32.9 Å². The number of rotatable bonds is 7. The van der Waals surface area contributed by atoms with Crippen molar-refractivity contribution in [1.82, 2.24) is 10.0 Å². The van der Waals surface area contributed by atoms with E-state index >= 15 is 0 Å². The molecular weight excluding hydrogens is 280 g/mol. The first-order chi connectivity index (χ1) is 8.72. The van der Waals surface area contributed by atoms with Crippen molar-refractivity contribution in [2.24, 2.45) is 0 Å². The van der Waals surface area contributed by atoms with Gasteiger partial charge in [0.15, 0.2) is 0 Å². The predicted molar refractivity (Wildman–Crippen MR) is 82.1 cm³/mol. The first kappa shape index (κ1) is 16.6. The van der Waals surface area contributed by atoms with Gasteiger partial charge in [0.2, 0.25) is 10.0 Å². The van der Waals surface area contributed by atoms with Crippen molar-refractivity contribution in [3.63, 3.8) is 0 Å².